The summed E-state index contributed by atoms with van der Waals surface area (Å²) in [7, 11) is 1.35. The molecule has 0 radical (unpaired) electrons. The lowest BCUT2D eigenvalue weighted by atomic mass is 10.3. The summed E-state index contributed by atoms with van der Waals surface area (Å²) in [5.41, 5.74) is 5.29. The highest BCUT2D eigenvalue weighted by molar-refractivity contribution is 5.91. The minimum atomic E-state index is -0.335. The molecule has 0 aromatic carbocycles. The second-order valence-electron chi connectivity index (χ2n) is 2.21. The monoisotopic (exact) mass is 157 g/mol. The number of amidine groups is 1. The number of aliphatic imine (C=N–C) groups is 1. The maximum atomic E-state index is 10.9. The Morgan fingerprint density at radius 3 is 3.18 bits per heavy atom. The molecular weight excluding hydrogens is 146 g/mol. The molecule has 1 heterocycles. The highest BCUT2D eigenvalue weighted by Gasteiger charge is 2.23. The first-order valence-electron chi connectivity index (χ1n) is 3.35. The van der Waals surface area contributed by atoms with Crippen molar-refractivity contribution in [3.05, 3.63) is 0 Å². The van der Waals surface area contributed by atoms with E-state index in [9.17, 15) is 4.79 Å². The molecule has 0 saturated heterocycles. The second kappa shape index (κ2) is 3.34. The summed E-state index contributed by atoms with van der Waals surface area (Å²) in [6.07, 6.45) is 0. The summed E-state index contributed by atoms with van der Waals surface area (Å²) in [6.45, 7) is 0.771. The van der Waals surface area contributed by atoms with Crippen molar-refractivity contribution in [3.8, 4) is 0 Å². The Balaban J connectivity index is 2.41. The Hall–Kier alpha value is -1.10. The van der Waals surface area contributed by atoms with Crippen molar-refractivity contribution in [3.63, 3.8) is 0 Å². The zero-order chi connectivity index (χ0) is 8.27. The zero-order valence-electron chi connectivity index (χ0n) is 6.33. The number of carbonyl (C=O) groups excluding carboxylic acids is 1. The van der Waals surface area contributed by atoms with Crippen LogP contribution in [0.15, 0.2) is 4.99 Å². The van der Waals surface area contributed by atoms with Crippen LogP contribution in [0.25, 0.3) is 0 Å². The summed E-state index contributed by atoms with van der Waals surface area (Å²) >= 11 is 0. The zero-order valence-corrected chi connectivity index (χ0v) is 6.33. The average Bonchev–Trinajstić information content (AvgIpc) is 2.50. The van der Waals surface area contributed by atoms with Gasteiger partial charge in [0.15, 0.2) is 0 Å². The van der Waals surface area contributed by atoms with E-state index in [0.29, 0.717) is 18.9 Å². The molecule has 1 rings (SSSR count). The molecule has 62 valence electrons. The van der Waals surface area contributed by atoms with Gasteiger partial charge in [-0.3, -0.25) is 4.99 Å². The molecule has 1 aliphatic rings. The fourth-order valence-corrected chi connectivity index (χ4v) is 0.893. The number of methoxy groups -OCH3 is 1. The Bertz CT molecular complexity index is 190. The SMILES string of the molecule is COC(=O)C1CN=C(CN)N1. The van der Waals surface area contributed by atoms with Crippen LogP contribution in [0.3, 0.4) is 0 Å². The van der Waals surface area contributed by atoms with Gasteiger partial charge in [0.25, 0.3) is 0 Å². The third-order valence-electron chi connectivity index (χ3n) is 1.48. The molecule has 5 heteroatoms. The number of nitrogens with zero attached hydrogens (tertiary/aromatic N) is 1. The summed E-state index contributed by atoms with van der Waals surface area (Å²) in [4.78, 5) is 14.9. The van der Waals surface area contributed by atoms with Gasteiger partial charge in [-0.15, -0.1) is 0 Å². The van der Waals surface area contributed by atoms with E-state index in [0.717, 1.165) is 0 Å². The van der Waals surface area contributed by atoms with Gasteiger partial charge in [-0.25, -0.2) is 4.79 Å². The molecule has 1 unspecified atom stereocenters. The lowest BCUT2D eigenvalue weighted by molar-refractivity contribution is -0.142. The standard InChI is InChI=1S/C6H11N3O2/c1-11-6(10)4-3-8-5(2-7)9-4/h4H,2-3,7H2,1H3,(H,8,9). The molecule has 3 N–H and O–H groups in total. The van der Waals surface area contributed by atoms with E-state index >= 15 is 0 Å². The van der Waals surface area contributed by atoms with Gasteiger partial charge in [0.1, 0.15) is 11.9 Å². The highest BCUT2D eigenvalue weighted by Crippen LogP contribution is 1.96. The number of rotatable bonds is 2. The van der Waals surface area contributed by atoms with Crippen molar-refractivity contribution in [1.82, 2.24) is 5.32 Å². The first-order chi connectivity index (χ1) is 5.27. The molecule has 1 aliphatic heterocycles. The van der Waals surface area contributed by atoms with Crippen LogP contribution in [-0.2, 0) is 9.53 Å². The third-order valence-corrected chi connectivity index (χ3v) is 1.48. The molecule has 0 aromatic rings. The van der Waals surface area contributed by atoms with E-state index in [4.69, 9.17) is 5.73 Å². The number of ether oxygens (including phenoxy) is 1. The average molecular weight is 157 g/mol. The number of esters is 1. The van der Waals surface area contributed by atoms with Gasteiger partial charge in [-0.2, -0.15) is 0 Å². The Morgan fingerprint density at radius 1 is 2.00 bits per heavy atom. The molecule has 0 aliphatic carbocycles. The maximum Gasteiger partial charge on any atom is 0.330 e. The van der Waals surface area contributed by atoms with E-state index in [1.165, 1.54) is 7.11 Å². The predicted molar refractivity (Wildman–Crippen MR) is 40.3 cm³/mol. The van der Waals surface area contributed by atoms with E-state index in [1.54, 1.807) is 0 Å². The van der Waals surface area contributed by atoms with Crippen LogP contribution in [0.4, 0.5) is 0 Å². The first kappa shape index (κ1) is 8.00. The minimum absolute atomic E-state index is 0.294. The van der Waals surface area contributed by atoms with Crippen molar-refractivity contribution >= 4 is 11.8 Å². The molecule has 0 fully saturated rings. The second-order valence-corrected chi connectivity index (χ2v) is 2.21. The van der Waals surface area contributed by atoms with Gasteiger partial charge < -0.3 is 15.8 Å². The smallest absolute Gasteiger partial charge is 0.330 e. The van der Waals surface area contributed by atoms with Crippen LogP contribution < -0.4 is 11.1 Å². The van der Waals surface area contributed by atoms with E-state index < -0.39 is 0 Å². The molecule has 11 heavy (non-hydrogen) atoms. The van der Waals surface area contributed by atoms with E-state index in [1.807, 2.05) is 0 Å². The van der Waals surface area contributed by atoms with Gasteiger partial charge in [-0.1, -0.05) is 0 Å². The van der Waals surface area contributed by atoms with Crippen LogP contribution >= 0.6 is 0 Å². The van der Waals surface area contributed by atoms with E-state index in [-0.39, 0.29) is 12.0 Å². The van der Waals surface area contributed by atoms with Crippen molar-refractivity contribution in [2.24, 2.45) is 10.7 Å². The van der Waals surface area contributed by atoms with Gasteiger partial charge in [0.2, 0.25) is 0 Å². The molecular formula is C6H11N3O2. The third kappa shape index (κ3) is 1.68. The Kier molecular flexibility index (Phi) is 2.43. The predicted octanol–water partition coefficient (Wildman–Crippen LogP) is -1.51. The Labute approximate surface area is 64.6 Å². The fraction of sp³-hybridized carbons (Fsp3) is 0.667. The molecule has 0 aromatic heterocycles. The fourth-order valence-electron chi connectivity index (χ4n) is 0.893. The first-order valence-corrected chi connectivity index (χ1v) is 3.35. The van der Waals surface area contributed by atoms with Gasteiger partial charge >= 0.3 is 5.97 Å². The van der Waals surface area contributed by atoms with Gasteiger partial charge in [0.05, 0.1) is 20.2 Å². The van der Waals surface area contributed by atoms with Crippen LogP contribution in [0.1, 0.15) is 0 Å². The normalized spacial score (nSPS) is 22.4. The Morgan fingerprint density at radius 2 is 2.73 bits per heavy atom. The number of carbonyl (C=O) groups is 1. The number of hydrogen-bond acceptors (Lipinski definition) is 5. The lowest BCUT2D eigenvalue weighted by Crippen LogP contribution is -2.40. The van der Waals surface area contributed by atoms with E-state index in [2.05, 4.69) is 15.0 Å². The molecule has 1 atom stereocenters. The van der Waals surface area contributed by atoms with Crippen molar-refractivity contribution in [2.45, 2.75) is 6.04 Å². The molecule has 5 nitrogen and oxygen atoms in total. The van der Waals surface area contributed by atoms with Crippen molar-refractivity contribution in [2.75, 3.05) is 20.2 Å². The van der Waals surface area contributed by atoms with Crippen molar-refractivity contribution in [1.29, 1.82) is 0 Å². The minimum Gasteiger partial charge on any atom is -0.467 e. The number of nitrogens with one attached hydrogen (secondary N) is 1. The van der Waals surface area contributed by atoms with Gasteiger partial charge in [-0.05, 0) is 0 Å². The summed E-state index contributed by atoms with van der Waals surface area (Å²) in [5.74, 6) is 0.373. The maximum absolute atomic E-state index is 10.9. The van der Waals surface area contributed by atoms with Crippen LogP contribution in [0, 0.1) is 0 Å². The summed E-state index contributed by atoms with van der Waals surface area (Å²) < 4.78 is 4.51. The molecule has 0 amide bonds. The lowest BCUT2D eigenvalue weighted by Gasteiger charge is -2.07. The topological polar surface area (TPSA) is 76.7 Å². The molecule has 0 saturated carbocycles. The number of hydrogen-bond donors (Lipinski definition) is 2. The number of nitrogens with two attached hydrogens (primary N) is 1. The summed E-state index contributed by atoms with van der Waals surface area (Å²) in [6, 6.07) is -0.335. The molecule has 0 spiro atoms. The largest absolute Gasteiger partial charge is 0.467 e. The highest BCUT2D eigenvalue weighted by atomic mass is 16.5. The molecule has 0 bridgehead atoms. The van der Waals surface area contributed by atoms with Crippen LogP contribution in [0.5, 0.6) is 0 Å². The van der Waals surface area contributed by atoms with Crippen LogP contribution in [0.2, 0.25) is 0 Å². The summed E-state index contributed by atoms with van der Waals surface area (Å²) in [5, 5.41) is 2.84. The quantitative estimate of drug-likeness (QED) is 0.478. The van der Waals surface area contributed by atoms with Crippen molar-refractivity contribution < 1.29 is 9.53 Å². The van der Waals surface area contributed by atoms with Crippen LogP contribution in [-0.4, -0.2) is 38.0 Å². The van der Waals surface area contributed by atoms with Gasteiger partial charge in [0, 0.05) is 0 Å².